The number of rotatable bonds is 14. The molecule has 0 fully saturated rings. The van der Waals surface area contributed by atoms with Crippen LogP contribution in [0.4, 0.5) is 5.82 Å². The quantitative estimate of drug-likeness (QED) is 0.182. The molecule has 0 saturated carbocycles. The van der Waals surface area contributed by atoms with Crippen LogP contribution in [-0.2, 0) is 31.6 Å². The van der Waals surface area contributed by atoms with Gasteiger partial charge >= 0.3 is 0 Å². The van der Waals surface area contributed by atoms with Gasteiger partial charge in [-0.15, -0.1) is 0 Å². The molecule has 0 saturated heterocycles. The van der Waals surface area contributed by atoms with Gasteiger partial charge in [-0.1, -0.05) is 42.1 Å². The minimum Gasteiger partial charge on any atom is -0.395 e. The molecule has 5 N–H and O–H groups in total. The minimum absolute atomic E-state index is 0.0852. The predicted molar refractivity (Wildman–Crippen MR) is 136 cm³/mol. The third-order valence-corrected chi connectivity index (χ3v) is 7.99. The smallest absolute Gasteiger partial charge is 0.295 e. The van der Waals surface area contributed by atoms with E-state index in [1.807, 2.05) is 30.3 Å². The van der Waals surface area contributed by atoms with E-state index >= 15 is 0 Å². The van der Waals surface area contributed by atoms with Crippen molar-refractivity contribution in [2.75, 3.05) is 37.7 Å². The van der Waals surface area contributed by atoms with Gasteiger partial charge in [0.25, 0.3) is 7.52 Å². The molecule has 0 aliphatic carbocycles. The predicted octanol–water partition coefficient (Wildman–Crippen LogP) is 2.73. The standard InChI is InChI=1S/C22H31N6O5PS/c1-22(2,13-29)21(30)35-11-10-33-34(31,26-12-16-6-4-3-5-7-16)15-32-9-8-17-27-18-19(23)24-14-25-20(18)28-17/h3-7,14,29H,8-13,15H2,1-2H3,(H,26,31)(H3,23,24,25,27,28). The van der Waals surface area contributed by atoms with Crippen molar-refractivity contribution < 1.29 is 23.7 Å². The van der Waals surface area contributed by atoms with E-state index in [1.54, 1.807) is 13.8 Å². The maximum Gasteiger partial charge on any atom is 0.295 e. The number of nitrogen functional groups attached to an aromatic ring is 1. The van der Waals surface area contributed by atoms with Gasteiger partial charge in [-0.25, -0.2) is 20.0 Å². The fraction of sp³-hybridized carbons (Fsp3) is 0.455. The van der Waals surface area contributed by atoms with Crippen molar-refractivity contribution in [3.05, 3.63) is 48.0 Å². The zero-order chi connectivity index (χ0) is 25.3. The SMILES string of the molecule is CC(C)(CO)C(=O)SCCOP(=O)(COCCc1nc2ncnc(N)c2[nH]1)NCc1ccccc1. The molecule has 35 heavy (non-hydrogen) atoms. The normalized spacial score (nSPS) is 13.7. The molecule has 2 aromatic heterocycles. The second-order valence-corrected chi connectivity index (χ2v) is 11.7. The van der Waals surface area contributed by atoms with Crippen molar-refractivity contribution in [1.29, 1.82) is 0 Å². The van der Waals surface area contributed by atoms with Gasteiger partial charge in [-0.05, 0) is 19.4 Å². The Morgan fingerprint density at radius 2 is 2.03 bits per heavy atom. The second-order valence-electron chi connectivity index (χ2n) is 8.43. The summed E-state index contributed by atoms with van der Waals surface area (Å²) in [5.74, 6) is 1.25. The van der Waals surface area contributed by atoms with Crippen LogP contribution in [0.2, 0.25) is 0 Å². The molecule has 3 rings (SSSR count). The van der Waals surface area contributed by atoms with E-state index in [2.05, 4.69) is 25.0 Å². The monoisotopic (exact) mass is 522 g/mol. The number of nitrogens with two attached hydrogens (primary N) is 1. The van der Waals surface area contributed by atoms with Crippen LogP contribution in [0.1, 0.15) is 25.2 Å². The van der Waals surface area contributed by atoms with Gasteiger partial charge in [0.15, 0.2) is 16.6 Å². The summed E-state index contributed by atoms with van der Waals surface area (Å²) in [6.45, 7) is 3.77. The first-order chi connectivity index (χ1) is 16.7. The van der Waals surface area contributed by atoms with Gasteiger partial charge in [0.1, 0.15) is 24.0 Å². The Balaban J connectivity index is 1.53. The molecule has 0 aliphatic rings. The van der Waals surface area contributed by atoms with Crippen LogP contribution in [0, 0.1) is 5.41 Å². The van der Waals surface area contributed by atoms with E-state index in [-0.39, 0.29) is 31.3 Å². The molecule has 0 bridgehead atoms. The van der Waals surface area contributed by atoms with Gasteiger partial charge in [-0.2, -0.15) is 0 Å². The number of anilines is 1. The number of aliphatic hydroxyl groups is 1. The number of benzene rings is 1. The first-order valence-electron chi connectivity index (χ1n) is 11.1. The highest BCUT2D eigenvalue weighted by Gasteiger charge is 2.28. The van der Waals surface area contributed by atoms with Crippen LogP contribution in [0.5, 0.6) is 0 Å². The average Bonchev–Trinajstić information content (AvgIpc) is 3.28. The summed E-state index contributed by atoms with van der Waals surface area (Å²) < 4.78 is 24.8. The molecule has 0 amide bonds. The molecule has 13 heteroatoms. The Hall–Kier alpha value is -2.34. The molecule has 2 heterocycles. The van der Waals surface area contributed by atoms with Crippen molar-refractivity contribution in [2.45, 2.75) is 26.8 Å². The highest BCUT2D eigenvalue weighted by Crippen LogP contribution is 2.43. The van der Waals surface area contributed by atoms with Crippen molar-refractivity contribution in [3.63, 3.8) is 0 Å². The van der Waals surface area contributed by atoms with Crippen LogP contribution < -0.4 is 10.8 Å². The fourth-order valence-corrected chi connectivity index (χ4v) is 5.25. The highest BCUT2D eigenvalue weighted by molar-refractivity contribution is 8.13. The number of nitrogens with one attached hydrogen (secondary N) is 2. The Morgan fingerprint density at radius 3 is 2.74 bits per heavy atom. The van der Waals surface area contributed by atoms with Gasteiger partial charge in [0.05, 0.1) is 25.2 Å². The lowest BCUT2D eigenvalue weighted by molar-refractivity contribution is -0.119. The summed E-state index contributed by atoms with van der Waals surface area (Å²) in [5, 5.41) is 12.2. The van der Waals surface area contributed by atoms with Gasteiger partial charge in [-0.3, -0.25) is 9.36 Å². The average molecular weight is 523 g/mol. The van der Waals surface area contributed by atoms with E-state index in [1.165, 1.54) is 6.33 Å². The Kier molecular flexibility index (Phi) is 9.79. The molecule has 0 spiro atoms. The van der Waals surface area contributed by atoms with Crippen molar-refractivity contribution in [3.8, 4) is 0 Å². The summed E-state index contributed by atoms with van der Waals surface area (Å²) in [4.78, 5) is 27.6. The summed E-state index contributed by atoms with van der Waals surface area (Å²) in [5.41, 5.74) is 6.98. The van der Waals surface area contributed by atoms with E-state index in [0.717, 1.165) is 17.3 Å². The molecular formula is C22H31N6O5PS. The van der Waals surface area contributed by atoms with E-state index in [0.29, 0.717) is 41.5 Å². The Labute approximate surface area is 208 Å². The van der Waals surface area contributed by atoms with Crippen LogP contribution in [0.25, 0.3) is 11.2 Å². The number of carbonyl (C=O) groups excluding carboxylic acids is 1. The van der Waals surface area contributed by atoms with Crippen LogP contribution in [0.15, 0.2) is 36.7 Å². The molecule has 3 aromatic rings. The third-order valence-electron chi connectivity index (χ3n) is 5.04. The Bertz CT molecular complexity index is 1160. The number of aliphatic hydroxyl groups excluding tert-OH is 1. The summed E-state index contributed by atoms with van der Waals surface area (Å²) in [6, 6.07) is 9.53. The molecule has 190 valence electrons. The number of hydrogen-bond acceptors (Lipinski definition) is 10. The van der Waals surface area contributed by atoms with Gasteiger partial charge < -0.3 is 25.1 Å². The molecule has 11 nitrogen and oxygen atoms in total. The lowest BCUT2D eigenvalue weighted by Gasteiger charge is -2.21. The number of aromatic nitrogens is 4. The lowest BCUT2D eigenvalue weighted by Crippen LogP contribution is -2.26. The first-order valence-corrected chi connectivity index (χ1v) is 13.9. The minimum atomic E-state index is -3.37. The van der Waals surface area contributed by atoms with E-state index < -0.39 is 12.9 Å². The maximum absolute atomic E-state index is 13.4. The van der Waals surface area contributed by atoms with Crippen LogP contribution in [-0.4, -0.2) is 62.1 Å². The lowest BCUT2D eigenvalue weighted by atomic mass is 9.97. The zero-order valence-electron chi connectivity index (χ0n) is 19.8. The number of ether oxygens (including phenoxy) is 1. The molecule has 1 atom stereocenters. The van der Waals surface area contributed by atoms with Crippen LogP contribution >= 0.6 is 19.3 Å². The molecule has 0 aliphatic heterocycles. The van der Waals surface area contributed by atoms with Gasteiger partial charge in [0, 0.05) is 18.7 Å². The van der Waals surface area contributed by atoms with Crippen molar-refractivity contribution >= 4 is 41.4 Å². The number of hydrogen-bond donors (Lipinski definition) is 4. The third kappa shape index (κ3) is 8.09. The number of fused-ring (bicyclic) bond motifs is 1. The largest absolute Gasteiger partial charge is 0.395 e. The number of imidazole rings is 1. The summed E-state index contributed by atoms with van der Waals surface area (Å²) in [7, 11) is -3.37. The molecule has 1 unspecified atom stereocenters. The van der Waals surface area contributed by atoms with E-state index in [9.17, 15) is 14.5 Å². The van der Waals surface area contributed by atoms with Crippen molar-refractivity contribution in [2.24, 2.45) is 5.41 Å². The highest BCUT2D eigenvalue weighted by atomic mass is 32.2. The summed E-state index contributed by atoms with van der Waals surface area (Å²) in [6.07, 6.45) is 1.62. The second kappa shape index (κ2) is 12.6. The Morgan fingerprint density at radius 1 is 1.26 bits per heavy atom. The fourth-order valence-electron chi connectivity index (χ4n) is 2.88. The number of H-pyrrole nitrogens is 1. The van der Waals surface area contributed by atoms with Crippen molar-refractivity contribution in [1.82, 2.24) is 25.0 Å². The molecule has 1 aromatic carbocycles. The maximum atomic E-state index is 13.4. The number of nitrogens with zero attached hydrogens (tertiary/aromatic N) is 3. The zero-order valence-corrected chi connectivity index (χ0v) is 21.5. The number of carbonyl (C=O) groups is 1. The topological polar surface area (TPSA) is 165 Å². The van der Waals surface area contributed by atoms with E-state index in [4.69, 9.17) is 15.0 Å². The molecular weight excluding hydrogens is 491 g/mol. The molecule has 0 radical (unpaired) electrons. The number of aromatic amines is 1. The van der Waals surface area contributed by atoms with Gasteiger partial charge in [0.2, 0.25) is 0 Å². The first kappa shape index (κ1) is 27.3. The number of thioether (sulfide) groups is 1. The summed E-state index contributed by atoms with van der Waals surface area (Å²) >= 11 is 1.04. The van der Waals surface area contributed by atoms with Crippen LogP contribution in [0.3, 0.4) is 0 Å².